The first-order valence-electron chi connectivity index (χ1n) is 7.67. The molecular formula is C17H17FN2O3S. The summed E-state index contributed by atoms with van der Waals surface area (Å²) in [6.45, 7) is 0.897. The van der Waals surface area contributed by atoms with E-state index in [4.69, 9.17) is 0 Å². The van der Waals surface area contributed by atoms with E-state index in [9.17, 15) is 19.1 Å². The number of halogens is 1. The Hall–Kier alpha value is -2.41. The van der Waals surface area contributed by atoms with Crippen molar-refractivity contribution in [2.24, 2.45) is 0 Å². The Bertz CT molecular complexity index is 740. The lowest BCUT2D eigenvalue weighted by Crippen LogP contribution is -2.46. The minimum Gasteiger partial charge on any atom is -0.507 e. The number of hydrogen-bond donors (Lipinski definition) is 2. The van der Waals surface area contributed by atoms with E-state index < -0.39 is 11.7 Å². The van der Waals surface area contributed by atoms with Crippen LogP contribution in [-0.4, -0.2) is 41.0 Å². The van der Waals surface area contributed by atoms with Gasteiger partial charge >= 0.3 is 0 Å². The summed E-state index contributed by atoms with van der Waals surface area (Å²) in [5, 5.41) is 14.6. The number of phenolic OH excluding ortho intramolecular Hbond substituents is 1. The third-order valence-corrected chi connectivity index (χ3v) is 4.92. The number of aromatic hydroxyl groups is 1. The predicted octanol–water partition coefficient (Wildman–Crippen LogP) is 2.63. The molecule has 2 aromatic rings. The third-order valence-electron chi connectivity index (χ3n) is 4.05. The van der Waals surface area contributed by atoms with Gasteiger partial charge in [-0.25, -0.2) is 4.39 Å². The molecule has 0 aliphatic carbocycles. The van der Waals surface area contributed by atoms with Crippen LogP contribution >= 0.6 is 11.3 Å². The van der Waals surface area contributed by atoms with Crippen LogP contribution in [0.2, 0.25) is 0 Å². The molecule has 0 atom stereocenters. The highest BCUT2D eigenvalue weighted by Crippen LogP contribution is 2.22. The summed E-state index contributed by atoms with van der Waals surface area (Å²) in [6, 6.07) is 6.93. The summed E-state index contributed by atoms with van der Waals surface area (Å²) < 4.78 is 13.3. The number of carbonyl (C=O) groups excluding carboxylic acids is 2. The summed E-state index contributed by atoms with van der Waals surface area (Å²) in [5.74, 6) is -1.28. The van der Waals surface area contributed by atoms with E-state index in [1.54, 1.807) is 11.0 Å². The molecule has 2 N–H and O–H groups in total. The van der Waals surface area contributed by atoms with Gasteiger partial charge in [-0.05, 0) is 42.5 Å². The van der Waals surface area contributed by atoms with Crippen molar-refractivity contribution in [3.63, 3.8) is 0 Å². The maximum atomic E-state index is 13.3. The minimum absolute atomic E-state index is 0.00440. The molecule has 0 spiro atoms. The van der Waals surface area contributed by atoms with E-state index in [0.29, 0.717) is 30.8 Å². The zero-order chi connectivity index (χ0) is 17.1. The fourth-order valence-electron chi connectivity index (χ4n) is 2.74. The smallest absolute Gasteiger partial charge is 0.261 e. The highest BCUT2D eigenvalue weighted by atomic mass is 32.1. The Morgan fingerprint density at radius 3 is 2.67 bits per heavy atom. The first-order chi connectivity index (χ1) is 11.5. The number of hydrogen-bond acceptors (Lipinski definition) is 4. The van der Waals surface area contributed by atoms with Gasteiger partial charge < -0.3 is 15.3 Å². The number of benzene rings is 1. The van der Waals surface area contributed by atoms with Gasteiger partial charge in [0.2, 0.25) is 0 Å². The average molecular weight is 348 g/mol. The lowest BCUT2D eigenvalue weighted by atomic mass is 10.0. The van der Waals surface area contributed by atoms with Gasteiger partial charge in [0.15, 0.2) is 0 Å². The molecule has 0 radical (unpaired) electrons. The Labute approximate surface area is 142 Å². The number of piperidine rings is 1. The first kappa shape index (κ1) is 16.4. The van der Waals surface area contributed by atoms with Crippen molar-refractivity contribution in [3.05, 3.63) is 52.0 Å². The molecule has 1 aliphatic rings. The lowest BCUT2D eigenvalue weighted by Gasteiger charge is -2.32. The van der Waals surface area contributed by atoms with Crippen molar-refractivity contribution in [3.8, 4) is 5.75 Å². The van der Waals surface area contributed by atoms with E-state index in [1.807, 2.05) is 11.4 Å². The molecule has 1 aliphatic heterocycles. The van der Waals surface area contributed by atoms with Gasteiger partial charge in [-0.2, -0.15) is 0 Å². The zero-order valence-electron chi connectivity index (χ0n) is 12.9. The molecule has 1 aromatic carbocycles. The lowest BCUT2D eigenvalue weighted by molar-refractivity contribution is 0.0695. The van der Waals surface area contributed by atoms with Crippen molar-refractivity contribution in [2.75, 3.05) is 13.1 Å². The number of phenols is 1. The van der Waals surface area contributed by atoms with Crippen LogP contribution in [0.4, 0.5) is 4.39 Å². The average Bonchev–Trinajstić information content (AvgIpc) is 3.12. The quantitative estimate of drug-likeness (QED) is 0.896. The van der Waals surface area contributed by atoms with Crippen LogP contribution in [-0.2, 0) is 0 Å². The Balaban J connectivity index is 1.57. The van der Waals surface area contributed by atoms with Gasteiger partial charge in [0, 0.05) is 19.1 Å². The van der Waals surface area contributed by atoms with Crippen LogP contribution in [0.3, 0.4) is 0 Å². The van der Waals surface area contributed by atoms with Crippen molar-refractivity contribution >= 4 is 23.2 Å². The number of likely N-dealkylation sites (tertiary alicyclic amines) is 1. The van der Waals surface area contributed by atoms with E-state index in [0.717, 1.165) is 12.1 Å². The highest BCUT2D eigenvalue weighted by Gasteiger charge is 2.26. The van der Waals surface area contributed by atoms with Gasteiger partial charge in [0.05, 0.1) is 10.4 Å². The van der Waals surface area contributed by atoms with Crippen LogP contribution in [0, 0.1) is 5.82 Å². The van der Waals surface area contributed by atoms with Crippen LogP contribution < -0.4 is 5.32 Å². The van der Waals surface area contributed by atoms with Crippen molar-refractivity contribution in [2.45, 2.75) is 18.9 Å². The van der Waals surface area contributed by atoms with Gasteiger partial charge in [0.1, 0.15) is 11.6 Å². The van der Waals surface area contributed by atoms with E-state index in [-0.39, 0.29) is 23.3 Å². The summed E-state index contributed by atoms with van der Waals surface area (Å²) >= 11 is 1.39. The molecule has 7 heteroatoms. The fraction of sp³-hybridized carbons (Fsp3) is 0.294. The predicted molar refractivity (Wildman–Crippen MR) is 88.8 cm³/mol. The topological polar surface area (TPSA) is 69.6 Å². The van der Waals surface area contributed by atoms with Gasteiger partial charge in [-0.3, -0.25) is 9.59 Å². The summed E-state index contributed by atoms with van der Waals surface area (Å²) in [6.07, 6.45) is 1.25. The van der Waals surface area contributed by atoms with Crippen molar-refractivity contribution in [1.29, 1.82) is 0 Å². The summed E-state index contributed by atoms with van der Waals surface area (Å²) in [4.78, 5) is 26.7. The van der Waals surface area contributed by atoms with E-state index in [1.165, 1.54) is 17.4 Å². The second kappa shape index (κ2) is 7.00. The minimum atomic E-state index is -0.561. The van der Waals surface area contributed by atoms with Gasteiger partial charge in [0.25, 0.3) is 11.8 Å². The molecule has 126 valence electrons. The highest BCUT2D eigenvalue weighted by molar-refractivity contribution is 7.12. The zero-order valence-corrected chi connectivity index (χ0v) is 13.7. The van der Waals surface area contributed by atoms with Gasteiger partial charge in [-0.1, -0.05) is 6.07 Å². The number of thiophene rings is 1. The molecule has 1 saturated heterocycles. The largest absolute Gasteiger partial charge is 0.507 e. The number of nitrogens with zero attached hydrogens (tertiary/aromatic N) is 1. The van der Waals surface area contributed by atoms with Crippen LogP contribution in [0.25, 0.3) is 0 Å². The second-order valence-corrected chi connectivity index (χ2v) is 6.63. The molecule has 1 aromatic heterocycles. The third kappa shape index (κ3) is 3.56. The fourth-order valence-corrected chi connectivity index (χ4v) is 3.37. The Morgan fingerprint density at radius 1 is 1.25 bits per heavy atom. The second-order valence-electron chi connectivity index (χ2n) is 5.68. The standard InChI is InChI=1S/C17H17FN2O3S/c18-11-3-4-14(21)13(10-11)17(23)20-7-5-12(6-8-20)19-16(22)15-2-1-9-24-15/h1-4,9-10,12,21H,5-8H2,(H,19,22). The number of nitrogens with one attached hydrogen (secondary N) is 1. The molecule has 0 unspecified atom stereocenters. The molecule has 24 heavy (non-hydrogen) atoms. The molecule has 1 fully saturated rings. The SMILES string of the molecule is O=C(NC1CCN(C(=O)c2cc(F)ccc2O)CC1)c1cccs1. The van der Waals surface area contributed by atoms with Crippen LogP contribution in [0.1, 0.15) is 32.9 Å². The summed E-state index contributed by atoms with van der Waals surface area (Å²) in [7, 11) is 0. The summed E-state index contributed by atoms with van der Waals surface area (Å²) in [5.41, 5.74) is -0.0314. The number of rotatable bonds is 3. The normalized spacial score (nSPS) is 15.3. The molecule has 0 bridgehead atoms. The Kier molecular flexibility index (Phi) is 4.80. The number of amides is 2. The molecule has 5 nitrogen and oxygen atoms in total. The van der Waals surface area contributed by atoms with E-state index >= 15 is 0 Å². The number of carbonyl (C=O) groups is 2. The molecule has 0 saturated carbocycles. The van der Waals surface area contributed by atoms with Crippen molar-refractivity contribution in [1.82, 2.24) is 10.2 Å². The first-order valence-corrected chi connectivity index (χ1v) is 8.54. The maximum Gasteiger partial charge on any atom is 0.261 e. The molecule has 3 rings (SSSR count). The van der Waals surface area contributed by atoms with Crippen LogP contribution in [0.15, 0.2) is 35.7 Å². The van der Waals surface area contributed by atoms with Crippen molar-refractivity contribution < 1.29 is 19.1 Å². The molecular weight excluding hydrogens is 331 g/mol. The van der Waals surface area contributed by atoms with Gasteiger partial charge in [-0.15, -0.1) is 11.3 Å². The molecule has 2 amide bonds. The molecule has 2 heterocycles. The monoisotopic (exact) mass is 348 g/mol. The van der Waals surface area contributed by atoms with E-state index in [2.05, 4.69) is 5.32 Å². The Morgan fingerprint density at radius 2 is 2.00 bits per heavy atom. The maximum absolute atomic E-state index is 13.3. The van der Waals surface area contributed by atoms with Crippen LogP contribution in [0.5, 0.6) is 5.75 Å².